The SMILES string of the molecule is CS(=O)(=O)NCC(Cc1ccccc1)N1CCCCC1. The Bertz CT molecular complexity index is 496. The van der Waals surface area contributed by atoms with Crippen molar-refractivity contribution in [2.24, 2.45) is 0 Å². The molecule has 1 atom stereocenters. The molecule has 1 N–H and O–H groups in total. The minimum atomic E-state index is -3.13. The van der Waals surface area contributed by atoms with Gasteiger partial charge in [0.2, 0.25) is 10.0 Å². The van der Waals surface area contributed by atoms with Gasteiger partial charge < -0.3 is 0 Å². The standard InChI is InChI=1S/C15H24N2O2S/c1-20(18,19)16-13-15(17-10-6-3-7-11-17)12-14-8-4-2-5-9-14/h2,4-5,8-9,15-16H,3,6-7,10-13H2,1H3. The van der Waals surface area contributed by atoms with Crippen molar-refractivity contribution in [3.63, 3.8) is 0 Å². The number of nitrogens with one attached hydrogen (secondary N) is 1. The third kappa shape index (κ3) is 5.23. The molecule has 1 aromatic carbocycles. The number of piperidine rings is 1. The van der Waals surface area contributed by atoms with Crippen molar-refractivity contribution in [1.82, 2.24) is 9.62 Å². The number of benzene rings is 1. The number of likely N-dealkylation sites (tertiary alicyclic amines) is 1. The lowest BCUT2D eigenvalue weighted by atomic mass is 10.0. The molecule has 1 fully saturated rings. The van der Waals surface area contributed by atoms with Crippen LogP contribution < -0.4 is 4.72 Å². The van der Waals surface area contributed by atoms with Gasteiger partial charge in [-0.1, -0.05) is 36.8 Å². The monoisotopic (exact) mass is 296 g/mol. The first-order valence-corrected chi connectivity index (χ1v) is 9.16. The van der Waals surface area contributed by atoms with E-state index >= 15 is 0 Å². The Morgan fingerprint density at radius 3 is 2.40 bits per heavy atom. The van der Waals surface area contributed by atoms with Gasteiger partial charge in [-0.15, -0.1) is 0 Å². The van der Waals surface area contributed by atoms with Gasteiger partial charge >= 0.3 is 0 Å². The summed E-state index contributed by atoms with van der Waals surface area (Å²) < 4.78 is 25.4. The molecule has 1 unspecified atom stereocenters. The first-order valence-electron chi connectivity index (χ1n) is 7.27. The molecule has 1 aliphatic rings. The molecule has 4 nitrogen and oxygen atoms in total. The highest BCUT2D eigenvalue weighted by Crippen LogP contribution is 2.15. The van der Waals surface area contributed by atoms with E-state index in [1.54, 1.807) is 0 Å². The summed E-state index contributed by atoms with van der Waals surface area (Å²) in [6.45, 7) is 2.64. The minimum Gasteiger partial charge on any atom is -0.299 e. The van der Waals surface area contributed by atoms with Crippen molar-refractivity contribution < 1.29 is 8.42 Å². The van der Waals surface area contributed by atoms with E-state index < -0.39 is 10.0 Å². The van der Waals surface area contributed by atoms with Crippen molar-refractivity contribution in [2.45, 2.75) is 31.7 Å². The molecule has 0 aromatic heterocycles. The summed E-state index contributed by atoms with van der Waals surface area (Å²) in [4.78, 5) is 2.43. The first kappa shape index (κ1) is 15.5. The van der Waals surface area contributed by atoms with Crippen molar-refractivity contribution >= 4 is 10.0 Å². The van der Waals surface area contributed by atoms with E-state index in [9.17, 15) is 8.42 Å². The van der Waals surface area contributed by atoms with E-state index in [2.05, 4.69) is 21.8 Å². The Morgan fingerprint density at radius 1 is 1.15 bits per heavy atom. The van der Waals surface area contributed by atoms with Crippen LogP contribution in [0.4, 0.5) is 0 Å². The average molecular weight is 296 g/mol. The van der Waals surface area contributed by atoms with Crippen LogP contribution in [0.15, 0.2) is 30.3 Å². The van der Waals surface area contributed by atoms with Gasteiger partial charge in [-0.05, 0) is 37.9 Å². The highest BCUT2D eigenvalue weighted by atomic mass is 32.2. The second kappa shape index (κ2) is 7.20. The fourth-order valence-electron chi connectivity index (χ4n) is 2.75. The quantitative estimate of drug-likeness (QED) is 0.868. The normalized spacial score (nSPS) is 18.9. The molecular formula is C15H24N2O2S. The molecule has 0 spiro atoms. The van der Waals surface area contributed by atoms with Crippen molar-refractivity contribution in [3.05, 3.63) is 35.9 Å². The molecule has 0 amide bonds. The maximum atomic E-state index is 11.3. The Labute approximate surface area is 122 Å². The minimum absolute atomic E-state index is 0.243. The van der Waals surface area contributed by atoms with E-state index in [0.29, 0.717) is 6.54 Å². The van der Waals surface area contributed by atoms with Gasteiger partial charge in [-0.3, -0.25) is 4.90 Å². The average Bonchev–Trinajstić information content (AvgIpc) is 2.44. The molecule has 20 heavy (non-hydrogen) atoms. The lowest BCUT2D eigenvalue weighted by molar-refractivity contribution is 0.163. The fourth-order valence-corrected chi connectivity index (χ4v) is 3.24. The smallest absolute Gasteiger partial charge is 0.208 e. The van der Waals surface area contributed by atoms with E-state index in [1.165, 1.54) is 31.1 Å². The molecular weight excluding hydrogens is 272 g/mol. The second-order valence-electron chi connectivity index (χ2n) is 5.56. The summed E-state index contributed by atoms with van der Waals surface area (Å²) in [7, 11) is -3.13. The molecule has 1 heterocycles. The van der Waals surface area contributed by atoms with Crippen LogP contribution in [-0.4, -0.2) is 45.2 Å². The van der Waals surface area contributed by atoms with Crippen LogP contribution in [-0.2, 0) is 16.4 Å². The number of nitrogens with zero attached hydrogens (tertiary/aromatic N) is 1. The van der Waals surface area contributed by atoms with Crippen LogP contribution in [0.5, 0.6) is 0 Å². The predicted molar refractivity (Wildman–Crippen MR) is 82.2 cm³/mol. The molecule has 1 aliphatic heterocycles. The van der Waals surface area contributed by atoms with E-state index in [0.717, 1.165) is 19.5 Å². The third-order valence-corrected chi connectivity index (χ3v) is 4.49. The first-order chi connectivity index (χ1) is 9.54. The number of sulfonamides is 1. The maximum absolute atomic E-state index is 11.3. The zero-order chi connectivity index (χ0) is 14.4. The highest BCUT2D eigenvalue weighted by molar-refractivity contribution is 7.88. The summed E-state index contributed by atoms with van der Waals surface area (Å²) >= 11 is 0. The van der Waals surface area contributed by atoms with Crippen LogP contribution in [0.25, 0.3) is 0 Å². The molecule has 0 aliphatic carbocycles. The van der Waals surface area contributed by atoms with Crippen LogP contribution in [0.2, 0.25) is 0 Å². The fraction of sp³-hybridized carbons (Fsp3) is 0.600. The van der Waals surface area contributed by atoms with Crippen LogP contribution in [0.3, 0.4) is 0 Å². The van der Waals surface area contributed by atoms with Gasteiger partial charge in [-0.25, -0.2) is 13.1 Å². The Hall–Kier alpha value is -0.910. The van der Waals surface area contributed by atoms with Gasteiger partial charge in [0.15, 0.2) is 0 Å². The lowest BCUT2D eigenvalue weighted by Gasteiger charge is -2.34. The van der Waals surface area contributed by atoms with E-state index in [4.69, 9.17) is 0 Å². The molecule has 1 saturated heterocycles. The van der Waals surface area contributed by atoms with Crippen molar-refractivity contribution in [1.29, 1.82) is 0 Å². The number of rotatable bonds is 6. The lowest BCUT2D eigenvalue weighted by Crippen LogP contribution is -2.47. The molecule has 0 bridgehead atoms. The zero-order valence-electron chi connectivity index (χ0n) is 12.1. The summed E-state index contributed by atoms with van der Waals surface area (Å²) in [6, 6.07) is 10.5. The Morgan fingerprint density at radius 2 is 1.80 bits per heavy atom. The highest BCUT2D eigenvalue weighted by Gasteiger charge is 2.21. The van der Waals surface area contributed by atoms with E-state index in [1.807, 2.05) is 18.2 Å². The second-order valence-corrected chi connectivity index (χ2v) is 7.39. The third-order valence-electron chi connectivity index (χ3n) is 3.80. The summed E-state index contributed by atoms with van der Waals surface area (Å²) in [5.74, 6) is 0. The van der Waals surface area contributed by atoms with Crippen molar-refractivity contribution in [3.8, 4) is 0 Å². The molecule has 0 saturated carbocycles. The molecule has 1 aromatic rings. The van der Waals surface area contributed by atoms with E-state index in [-0.39, 0.29) is 6.04 Å². The summed E-state index contributed by atoms with van der Waals surface area (Å²) in [5, 5.41) is 0. The van der Waals surface area contributed by atoms with Crippen LogP contribution >= 0.6 is 0 Å². The largest absolute Gasteiger partial charge is 0.299 e. The Kier molecular flexibility index (Phi) is 5.57. The Balaban J connectivity index is 2.02. The van der Waals surface area contributed by atoms with Gasteiger partial charge in [0.05, 0.1) is 6.26 Å². The van der Waals surface area contributed by atoms with Gasteiger partial charge in [0.25, 0.3) is 0 Å². The van der Waals surface area contributed by atoms with Crippen molar-refractivity contribution in [2.75, 3.05) is 25.9 Å². The predicted octanol–water partition coefficient (Wildman–Crippen LogP) is 1.63. The summed E-state index contributed by atoms with van der Waals surface area (Å²) in [5.41, 5.74) is 1.26. The maximum Gasteiger partial charge on any atom is 0.208 e. The van der Waals surface area contributed by atoms with Crippen LogP contribution in [0, 0.1) is 0 Å². The molecule has 112 valence electrons. The molecule has 5 heteroatoms. The van der Waals surface area contributed by atoms with Gasteiger partial charge in [0, 0.05) is 12.6 Å². The summed E-state index contributed by atoms with van der Waals surface area (Å²) in [6.07, 6.45) is 5.83. The van der Waals surface area contributed by atoms with Gasteiger partial charge in [-0.2, -0.15) is 0 Å². The number of hydrogen-bond acceptors (Lipinski definition) is 3. The molecule has 0 radical (unpaired) electrons. The van der Waals surface area contributed by atoms with Crippen LogP contribution in [0.1, 0.15) is 24.8 Å². The number of hydrogen-bond donors (Lipinski definition) is 1. The topological polar surface area (TPSA) is 49.4 Å². The molecule has 2 rings (SSSR count). The van der Waals surface area contributed by atoms with Gasteiger partial charge in [0.1, 0.15) is 0 Å². The zero-order valence-corrected chi connectivity index (χ0v) is 12.9.